The largest absolute Gasteiger partial charge is 0.364 e. The predicted molar refractivity (Wildman–Crippen MR) is 79.8 cm³/mol. The van der Waals surface area contributed by atoms with Crippen LogP contribution < -0.4 is 0 Å². The number of nitrogens with zero attached hydrogens (tertiary/aromatic N) is 1. The number of hydrogen-bond acceptors (Lipinski definition) is 2. The van der Waals surface area contributed by atoms with Gasteiger partial charge >= 0.3 is 0 Å². The van der Waals surface area contributed by atoms with Crippen LogP contribution in [-0.4, -0.2) is 16.3 Å². The molecule has 3 aromatic rings. The van der Waals surface area contributed by atoms with Gasteiger partial charge in [-0.2, -0.15) is 0 Å². The molecule has 0 aliphatic carbocycles. The number of aromatic nitrogens is 1. The van der Waals surface area contributed by atoms with Crippen LogP contribution in [-0.2, 0) is 4.74 Å². The number of rotatable bonds is 4. The van der Waals surface area contributed by atoms with E-state index < -0.39 is 17.9 Å². The summed E-state index contributed by atoms with van der Waals surface area (Å²) >= 11 is 0. The van der Waals surface area contributed by atoms with E-state index in [4.69, 9.17) is 4.74 Å². The van der Waals surface area contributed by atoms with E-state index in [0.29, 0.717) is 23.1 Å². The molecule has 0 aliphatic heterocycles. The van der Waals surface area contributed by atoms with E-state index in [9.17, 15) is 13.9 Å². The predicted octanol–water partition coefficient (Wildman–Crippen LogP) is 3.94. The summed E-state index contributed by atoms with van der Waals surface area (Å²) in [7, 11) is 0. The lowest BCUT2D eigenvalue weighted by molar-refractivity contribution is -0.0981. The van der Waals surface area contributed by atoms with Crippen molar-refractivity contribution >= 4 is 10.9 Å². The molecule has 0 aliphatic rings. The van der Waals surface area contributed by atoms with Crippen LogP contribution >= 0.6 is 0 Å². The zero-order valence-electron chi connectivity index (χ0n) is 12.0. The number of aliphatic hydroxyl groups excluding tert-OH is 1. The Hall–Kier alpha value is -2.24. The highest BCUT2D eigenvalue weighted by atomic mass is 19.1. The number of aliphatic hydroxyl groups is 1. The molecule has 0 bridgehead atoms. The van der Waals surface area contributed by atoms with E-state index in [1.54, 1.807) is 37.4 Å². The van der Waals surface area contributed by atoms with Crippen molar-refractivity contribution < 1.29 is 18.6 Å². The van der Waals surface area contributed by atoms with Gasteiger partial charge in [-0.1, -0.05) is 18.2 Å². The van der Waals surface area contributed by atoms with Gasteiger partial charge in [0.15, 0.2) is 6.29 Å². The maximum absolute atomic E-state index is 14.4. The van der Waals surface area contributed by atoms with Crippen molar-refractivity contribution in [1.29, 1.82) is 0 Å². The summed E-state index contributed by atoms with van der Waals surface area (Å²) in [5.41, 5.74) is 0.854. The smallest absolute Gasteiger partial charge is 0.181 e. The van der Waals surface area contributed by atoms with Gasteiger partial charge in [0.2, 0.25) is 0 Å². The van der Waals surface area contributed by atoms with Gasteiger partial charge in [-0.05, 0) is 31.2 Å². The highest BCUT2D eigenvalue weighted by Gasteiger charge is 2.14. The van der Waals surface area contributed by atoms with Crippen molar-refractivity contribution in [3.63, 3.8) is 0 Å². The summed E-state index contributed by atoms with van der Waals surface area (Å²) in [6.45, 7) is 2.06. The Kier molecular flexibility index (Phi) is 3.92. The van der Waals surface area contributed by atoms with Crippen molar-refractivity contribution in [3.05, 3.63) is 65.9 Å². The molecule has 3 rings (SSSR count). The third-order valence-corrected chi connectivity index (χ3v) is 3.50. The van der Waals surface area contributed by atoms with E-state index in [1.807, 2.05) is 0 Å². The molecule has 0 radical (unpaired) electrons. The lowest BCUT2D eigenvalue weighted by Crippen LogP contribution is -2.05. The first kappa shape index (κ1) is 14.7. The first-order valence-corrected chi connectivity index (χ1v) is 6.97. The highest BCUT2D eigenvalue weighted by molar-refractivity contribution is 5.82. The quantitative estimate of drug-likeness (QED) is 0.741. The lowest BCUT2D eigenvalue weighted by atomic mass is 10.2. The van der Waals surface area contributed by atoms with Crippen molar-refractivity contribution in [3.8, 4) is 5.69 Å². The van der Waals surface area contributed by atoms with Crippen molar-refractivity contribution in [2.24, 2.45) is 0 Å². The summed E-state index contributed by atoms with van der Waals surface area (Å²) in [5.74, 6) is -0.975. The van der Waals surface area contributed by atoms with Crippen LogP contribution in [0.3, 0.4) is 0 Å². The Morgan fingerprint density at radius 2 is 1.95 bits per heavy atom. The Morgan fingerprint density at radius 3 is 2.68 bits per heavy atom. The SMILES string of the molecule is CCOC(O)c1ccc(-n2ccc3cccc(F)c32)c(F)c1. The third kappa shape index (κ3) is 2.49. The summed E-state index contributed by atoms with van der Waals surface area (Å²) in [6.07, 6.45) is 0.442. The minimum absolute atomic E-state index is 0.215. The molecule has 1 heterocycles. The van der Waals surface area contributed by atoms with Gasteiger partial charge in [0.05, 0.1) is 11.2 Å². The van der Waals surface area contributed by atoms with Crippen LogP contribution in [0.2, 0.25) is 0 Å². The molecule has 1 unspecified atom stereocenters. The second kappa shape index (κ2) is 5.87. The molecule has 0 saturated heterocycles. The average Bonchev–Trinajstić information content (AvgIpc) is 2.92. The molecule has 3 nitrogen and oxygen atoms in total. The zero-order valence-corrected chi connectivity index (χ0v) is 12.0. The molecule has 0 fully saturated rings. The molecule has 0 saturated carbocycles. The first-order chi connectivity index (χ1) is 10.6. The van der Waals surface area contributed by atoms with Gasteiger partial charge in [0.1, 0.15) is 11.6 Å². The number of hydrogen-bond donors (Lipinski definition) is 1. The Bertz CT molecular complexity index is 814. The minimum Gasteiger partial charge on any atom is -0.364 e. The van der Waals surface area contributed by atoms with Crippen LogP contribution in [0, 0.1) is 11.6 Å². The molecule has 1 atom stereocenters. The second-order valence-corrected chi connectivity index (χ2v) is 4.88. The highest BCUT2D eigenvalue weighted by Crippen LogP contribution is 2.26. The molecule has 114 valence electrons. The fraction of sp³-hybridized carbons (Fsp3) is 0.176. The number of benzene rings is 2. The standard InChI is InChI=1S/C17H15F2NO2/c1-2-22-17(21)12-6-7-15(14(19)10-12)20-9-8-11-4-3-5-13(18)16(11)20/h3-10,17,21H,2H2,1H3. The van der Waals surface area contributed by atoms with Crippen molar-refractivity contribution in [2.45, 2.75) is 13.2 Å². The average molecular weight is 303 g/mol. The molecule has 5 heteroatoms. The Balaban J connectivity index is 2.08. The number of fused-ring (bicyclic) bond motifs is 1. The Morgan fingerprint density at radius 1 is 1.14 bits per heavy atom. The van der Waals surface area contributed by atoms with Crippen LogP contribution in [0.4, 0.5) is 8.78 Å². The maximum atomic E-state index is 14.4. The minimum atomic E-state index is -1.17. The van der Waals surface area contributed by atoms with Crippen molar-refractivity contribution in [1.82, 2.24) is 4.57 Å². The monoisotopic (exact) mass is 303 g/mol. The normalized spacial score (nSPS) is 12.7. The fourth-order valence-electron chi connectivity index (χ4n) is 2.48. The second-order valence-electron chi connectivity index (χ2n) is 4.88. The van der Waals surface area contributed by atoms with E-state index in [1.165, 1.54) is 22.8 Å². The molecular formula is C17H15F2NO2. The summed E-state index contributed by atoms with van der Waals surface area (Å²) < 4.78 is 34.8. The van der Waals surface area contributed by atoms with Crippen molar-refractivity contribution in [2.75, 3.05) is 6.61 Å². The summed E-state index contributed by atoms with van der Waals surface area (Å²) in [4.78, 5) is 0. The molecule has 0 amide bonds. The number of para-hydroxylation sites is 1. The van der Waals surface area contributed by atoms with E-state index in [0.717, 1.165) is 0 Å². The molecule has 22 heavy (non-hydrogen) atoms. The topological polar surface area (TPSA) is 34.4 Å². The maximum Gasteiger partial charge on any atom is 0.181 e. The number of ether oxygens (including phenoxy) is 1. The number of halogens is 2. The summed E-state index contributed by atoms with van der Waals surface area (Å²) in [5, 5.41) is 10.4. The fourth-order valence-corrected chi connectivity index (χ4v) is 2.48. The Labute approximate surface area is 126 Å². The lowest BCUT2D eigenvalue weighted by Gasteiger charge is -2.13. The van der Waals surface area contributed by atoms with Crippen LogP contribution in [0.5, 0.6) is 0 Å². The molecule has 0 spiro atoms. The van der Waals surface area contributed by atoms with Gasteiger partial charge in [0.25, 0.3) is 0 Å². The first-order valence-electron chi connectivity index (χ1n) is 6.97. The van der Waals surface area contributed by atoms with Gasteiger partial charge in [-0.3, -0.25) is 0 Å². The molecular weight excluding hydrogens is 288 g/mol. The zero-order chi connectivity index (χ0) is 15.7. The molecule has 1 aromatic heterocycles. The molecule has 1 N–H and O–H groups in total. The van der Waals surface area contributed by atoms with Gasteiger partial charge in [-0.15, -0.1) is 0 Å². The summed E-state index contributed by atoms with van der Waals surface area (Å²) in [6, 6.07) is 10.7. The van der Waals surface area contributed by atoms with E-state index >= 15 is 0 Å². The van der Waals surface area contributed by atoms with Gasteiger partial charge in [-0.25, -0.2) is 8.78 Å². The van der Waals surface area contributed by atoms with Crippen LogP contribution in [0.1, 0.15) is 18.8 Å². The third-order valence-electron chi connectivity index (χ3n) is 3.50. The van der Waals surface area contributed by atoms with Gasteiger partial charge < -0.3 is 14.4 Å². The van der Waals surface area contributed by atoms with E-state index in [-0.39, 0.29) is 5.69 Å². The van der Waals surface area contributed by atoms with E-state index in [2.05, 4.69) is 0 Å². The van der Waals surface area contributed by atoms with Gasteiger partial charge in [0, 0.05) is 23.8 Å². The molecule has 2 aromatic carbocycles. The van der Waals surface area contributed by atoms with Crippen LogP contribution in [0.25, 0.3) is 16.6 Å². The van der Waals surface area contributed by atoms with Crippen LogP contribution in [0.15, 0.2) is 48.7 Å².